The van der Waals surface area contributed by atoms with Gasteiger partial charge in [0.1, 0.15) is 16.9 Å². The van der Waals surface area contributed by atoms with Crippen molar-refractivity contribution in [3.8, 4) is 17.6 Å². The minimum Gasteiger partial charge on any atom is -0.496 e. The van der Waals surface area contributed by atoms with Crippen LogP contribution in [0.2, 0.25) is 0 Å². The molecular weight excluding hydrogens is 428 g/mol. The van der Waals surface area contributed by atoms with Crippen LogP contribution in [0.3, 0.4) is 0 Å². The number of hydrogen-bond donors (Lipinski definition) is 2. The van der Waals surface area contributed by atoms with Gasteiger partial charge < -0.3 is 24.0 Å². The Morgan fingerprint density at radius 3 is 2.91 bits per heavy atom. The molecule has 3 heterocycles. The van der Waals surface area contributed by atoms with Gasteiger partial charge in [0.15, 0.2) is 11.4 Å². The first kappa shape index (κ1) is 20.2. The molecule has 4 aromatic rings. The van der Waals surface area contributed by atoms with Crippen LogP contribution in [0.5, 0.6) is 11.5 Å². The minimum atomic E-state index is 0.533. The summed E-state index contributed by atoms with van der Waals surface area (Å²) in [4.78, 5) is 0.819. The van der Waals surface area contributed by atoms with Crippen molar-refractivity contribution in [2.24, 2.45) is 0 Å². The Bertz CT molecular complexity index is 1340. The van der Waals surface area contributed by atoms with Crippen molar-refractivity contribution in [2.45, 2.75) is 24.5 Å². The van der Waals surface area contributed by atoms with E-state index in [1.54, 1.807) is 26.4 Å². The lowest BCUT2D eigenvalue weighted by Gasteiger charge is -2.10. The monoisotopic (exact) mass is 448 g/mol. The zero-order valence-electron chi connectivity index (χ0n) is 17.5. The zero-order chi connectivity index (χ0) is 22.1. The van der Waals surface area contributed by atoms with Crippen LogP contribution in [0, 0.1) is 11.3 Å². The van der Waals surface area contributed by atoms with Crippen LogP contribution in [0.1, 0.15) is 22.4 Å². The second-order valence-corrected chi connectivity index (χ2v) is 8.11. The molecule has 1 aliphatic rings. The van der Waals surface area contributed by atoms with Gasteiger partial charge in [0.25, 0.3) is 0 Å². The number of anilines is 1. The smallest absolute Gasteiger partial charge is 0.191 e. The second-order valence-electron chi connectivity index (χ2n) is 7.26. The first-order valence-electron chi connectivity index (χ1n) is 9.91. The maximum absolute atomic E-state index is 9.08. The number of aromatic nitrogens is 3. The Morgan fingerprint density at radius 1 is 1.22 bits per heavy atom. The molecule has 2 aromatic carbocycles. The van der Waals surface area contributed by atoms with E-state index in [2.05, 4.69) is 26.4 Å². The summed E-state index contributed by atoms with van der Waals surface area (Å²) < 4.78 is 21.9. The summed E-state index contributed by atoms with van der Waals surface area (Å²) in [6, 6.07) is 11.3. The standard InChI is InChI=1S/C22H20N6O3S/c1-29-17-5-13(8-23)3-4-20(17)32-27-22-21-18(30-2)6-14(7-19(21)31-26-22)12-28-16-11-24-9-15(16)10-25-28/h3-7,10,24H,9,11-12H2,1-2H3,(H,26,27). The van der Waals surface area contributed by atoms with E-state index in [9.17, 15) is 0 Å². The maximum atomic E-state index is 9.08. The molecule has 2 N–H and O–H groups in total. The third-order valence-electron chi connectivity index (χ3n) is 5.34. The fraction of sp³-hybridized carbons (Fsp3) is 0.227. The van der Waals surface area contributed by atoms with E-state index in [1.807, 2.05) is 29.1 Å². The lowest BCUT2D eigenvalue weighted by Crippen LogP contribution is -2.09. The van der Waals surface area contributed by atoms with E-state index < -0.39 is 0 Å². The van der Waals surface area contributed by atoms with Crippen molar-refractivity contribution in [3.63, 3.8) is 0 Å². The maximum Gasteiger partial charge on any atom is 0.191 e. The molecule has 5 rings (SSSR count). The van der Waals surface area contributed by atoms with E-state index in [0.717, 1.165) is 28.9 Å². The van der Waals surface area contributed by atoms with Crippen LogP contribution in [0.15, 0.2) is 45.9 Å². The van der Waals surface area contributed by atoms with Crippen molar-refractivity contribution in [3.05, 3.63) is 58.9 Å². The molecule has 0 aliphatic carbocycles. The molecule has 0 atom stereocenters. The molecular formula is C22H20N6O3S. The summed E-state index contributed by atoms with van der Waals surface area (Å²) in [6.07, 6.45) is 1.91. The van der Waals surface area contributed by atoms with Gasteiger partial charge in [0, 0.05) is 18.7 Å². The molecule has 10 heteroatoms. The summed E-state index contributed by atoms with van der Waals surface area (Å²) in [6.45, 7) is 2.29. The first-order chi connectivity index (χ1) is 15.7. The molecule has 0 amide bonds. The lowest BCUT2D eigenvalue weighted by molar-refractivity contribution is 0.404. The first-order valence-corrected chi connectivity index (χ1v) is 10.7. The van der Waals surface area contributed by atoms with Gasteiger partial charge in [-0.25, -0.2) is 0 Å². The average molecular weight is 449 g/mol. The predicted molar refractivity (Wildman–Crippen MR) is 120 cm³/mol. The summed E-state index contributed by atoms with van der Waals surface area (Å²) in [5.41, 5.74) is 4.61. The molecule has 32 heavy (non-hydrogen) atoms. The highest BCUT2D eigenvalue weighted by Crippen LogP contribution is 2.37. The van der Waals surface area contributed by atoms with Gasteiger partial charge in [-0.05, 0) is 47.8 Å². The number of ether oxygens (including phenoxy) is 2. The highest BCUT2D eigenvalue weighted by molar-refractivity contribution is 8.00. The molecule has 0 radical (unpaired) electrons. The summed E-state index contributed by atoms with van der Waals surface area (Å²) in [5.74, 6) is 1.81. The quantitative estimate of drug-likeness (QED) is 0.409. The molecule has 162 valence electrons. The highest BCUT2D eigenvalue weighted by atomic mass is 32.2. The zero-order valence-corrected chi connectivity index (χ0v) is 18.3. The largest absolute Gasteiger partial charge is 0.496 e. The third-order valence-corrected chi connectivity index (χ3v) is 6.20. The number of benzene rings is 2. The molecule has 9 nitrogen and oxygen atoms in total. The number of hydrogen-bond acceptors (Lipinski definition) is 9. The summed E-state index contributed by atoms with van der Waals surface area (Å²) in [7, 11) is 3.20. The summed E-state index contributed by atoms with van der Waals surface area (Å²) >= 11 is 1.32. The van der Waals surface area contributed by atoms with Crippen LogP contribution >= 0.6 is 11.9 Å². The second kappa shape index (κ2) is 8.45. The van der Waals surface area contributed by atoms with Crippen molar-refractivity contribution in [1.82, 2.24) is 20.3 Å². The molecule has 0 saturated carbocycles. The lowest BCUT2D eigenvalue weighted by atomic mass is 10.1. The van der Waals surface area contributed by atoms with Crippen molar-refractivity contribution >= 4 is 28.7 Å². The van der Waals surface area contributed by atoms with E-state index in [0.29, 0.717) is 35.0 Å². The Kier molecular flexibility index (Phi) is 5.34. The van der Waals surface area contributed by atoms with Crippen LogP contribution in [0.4, 0.5) is 5.82 Å². The molecule has 0 spiro atoms. The van der Waals surface area contributed by atoms with Gasteiger partial charge in [-0.2, -0.15) is 10.4 Å². The number of nitrogens with zero attached hydrogens (tertiary/aromatic N) is 4. The predicted octanol–water partition coefficient (Wildman–Crippen LogP) is 3.68. The SMILES string of the molecule is COc1cc(C#N)ccc1SNc1noc2cc(Cn3ncc4c3CNC4)cc(OC)c12. The van der Waals surface area contributed by atoms with Crippen LogP contribution < -0.4 is 19.5 Å². The van der Waals surface area contributed by atoms with Gasteiger partial charge in [-0.3, -0.25) is 4.68 Å². The van der Waals surface area contributed by atoms with Crippen molar-refractivity contribution < 1.29 is 14.0 Å². The van der Waals surface area contributed by atoms with Crippen LogP contribution in [0.25, 0.3) is 11.0 Å². The molecule has 0 fully saturated rings. The van der Waals surface area contributed by atoms with Gasteiger partial charge in [0.2, 0.25) is 0 Å². The number of rotatable bonds is 7. The highest BCUT2D eigenvalue weighted by Gasteiger charge is 2.19. The molecule has 0 bridgehead atoms. The summed E-state index contributed by atoms with van der Waals surface area (Å²) in [5, 5.41) is 21.9. The molecule has 1 aliphatic heterocycles. The molecule has 2 aromatic heterocycles. The van der Waals surface area contributed by atoms with Crippen LogP contribution in [-0.2, 0) is 19.6 Å². The van der Waals surface area contributed by atoms with Crippen LogP contribution in [-0.4, -0.2) is 29.2 Å². The normalized spacial score (nSPS) is 12.5. The van der Waals surface area contributed by atoms with Gasteiger partial charge in [-0.1, -0.05) is 5.16 Å². The van der Waals surface area contributed by atoms with E-state index >= 15 is 0 Å². The van der Waals surface area contributed by atoms with E-state index in [4.69, 9.17) is 19.3 Å². The van der Waals surface area contributed by atoms with E-state index in [1.165, 1.54) is 23.2 Å². The van der Waals surface area contributed by atoms with Crippen molar-refractivity contribution in [2.75, 3.05) is 18.9 Å². The van der Waals surface area contributed by atoms with Crippen molar-refractivity contribution in [1.29, 1.82) is 5.26 Å². The average Bonchev–Trinajstić information content (AvgIpc) is 3.54. The van der Waals surface area contributed by atoms with Gasteiger partial charge in [-0.15, -0.1) is 0 Å². The van der Waals surface area contributed by atoms with Gasteiger partial charge >= 0.3 is 0 Å². The number of nitriles is 1. The number of fused-ring (bicyclic) bond motifs is 2. The Morgan fingerprint density at radius 2 is 2.09 bits per heavy atom. The Balaban J connectivity index is 1.41. The fourth-order valence-corrected chi connectivity index (χ4v) is 4.49. The minimum absolute atomic E-state index is 0.533. The fourth-order valence-electron chi connectivity index (χ4n) is 3.76. The number of methoxy groups -OCH3 is 2. The molecule has 0 saturated heterocycles. The van der Waals surface area contributed by atoms with Gasteiger partial charge in [0.05, 0.1) is 49.2 Å². The third kappa shape index (κ3) is 3.62. The topological polar surface area (TPSA) is 110 Å². The molecule has 0 unspecified atom stereocenters. The number of nitrogens with one attached hydrogen (secondary N) is 2. The van der Waals surface area contributed by atoms with E-state index in [-0.39, 0.29) is 0 Å². The Hall–Kier alpha value is -3.68. The Labute approximate surface area is 188 Å².